The van der Waals surface area contributed by atoms with E-state index >= 15 is 0 Å². The molecular weight excluding hydrogens is 266 g/mol. The molecule has 1 aliphatic heterocycles. The van der Waals surface area contributed by atoms with E-state index in [1.807, 2.05) is 11.8 Å². The number of thioether (sulfide) groups is 1. The molecule has 1 N–H and O–H groups in total. The Morgan fingerprint density at radius 1 is 1.44 bits per heavy atom. The van der Waals surface area contributed by atoms with Crippen LogP contribution in [-0.2, 0) is 11.2 Å². The summed E-state index contributed by atoms with van der Waals surface area (Å²) in [6, 6.07) is 0. The Kier molecular flexibility index (Phi) is 3.43. The fourth-order valence-electron chi connectivity index (χ4n) is 2.68. The van der Waals surface area contributed by atoms with Crippen molar-refractivity contribution in [1.29, 1.82) is 0 Å². The summed E-state index contributed by atoms with van der Waals surface area (Å²) in [6.45, 7) is 5.21. The average molecular weight is 285 g/mol. The molecule has 18 heavy (non-hydrogen) atoms. The molecule has 2 aliphatic rings. The van der Waals surface area contributed by atoms with E-state index in [1.165, 1.54) is 0 Å². The Hall–Kier alpha value is -0.100. The monoisotopic (exact) mass is 285 g/mol. The van der Waals surface area contributed by atoms with E-state index in [2.05, 4.69) is 13.8 Å². The van der Waals surface area contributed by atoms with Crippen molar-refractivity contribution in [3.8, 4) is 0 Å². The van der Waals surface area contributed by atoms with Crippen LogP contribution in [0.5, 0.6) is 0 Å². The van der Waals surface area contributed by atoms with E-state index < -0.39 is 0 Å². The van der Waals surface area contributed by atoms with Crippen molar-refractivity contribution in [3.05, 3.63) is 15.6 Å². The van der Waals surface area contributed by atoms with E-state index in [9.17, 15) is 5.11 Å². The van der Waals surface area contributed by atoms with Gasteiger partial charge in [-0.05, 0) is 18.3 Å². The minimum Gasteiger partial charge on any atom is -0.387 e. The topological polar surface area (TPSA) is 42.4 Å². The van der Waals surface area contributed by atoms with E-state index in [1.54, 1.807) is 11.3 Å². The van der Waals surface area contributed by atoms with Crippen LogP contribution in [0.1, 0.15) is 48.1 Å². The maximum absolute atomic E-state index is 10.2. The Bertz CT molecular complexity index is 438. The number of fused-ring (bicyclic) bond motifs is 1. The van der Waals surface area contributed by atoms with Crippen LogP contribution in [0.4, 0.5) is 0 Å². The van der Waals surface area contributed by atoms with E-state index in [4.69, 9.17) is 9.72 Å². The number of aromatic nitrogens is 1. The van der Waals surface area contributed by atoms with Crippen LogP contribution < -0.4 is 0 Å². The van der Waals surface area contributed by atoms with Crippen LogP contribution in [0.25, 0.3) is 0 Å². The highest BCUT2D eigenvalue weighted by molar-refractivity contribution is 7.99. The number of thiazole rings is 1. The third kappa shape index (κ3) is 2.46. The van der Waals surface area contributed by atoms with E-state index in [-0.39, 0.29) is 17.6 Å². The molecule has 1 saturated heterocycles. The fraction of sp³-hybridized carbons (Fsp3) is 0.769. The van der Waals surface area contributed by atoms with Gasteiger partial charge in [0.05, 0.1) is 23.3 Å². The van der Waals surface area contributed by atoms with Crippen LogP contribution in [0.2, 0.25) is 0 Å². The Labute approximate surface area is 116 Å². The number of rotatable bonds is 1. The van der Waals surface area contributed by atoms with Crippen molar-refractivity contribution >= 4 is 23.1 Å². The summed E-state index contributed by atoms with van der Waals surface area (Å²) in [4.78, 5) is 5.81. The second-order valence-corrected chi connectivity index (χ2v) is 8.07. The molecule has 3 nitrogen and oxygen atoms in total. The molecule has 0 radical (unpaired) electrons. The third-order valence-corrected chi connectivity index (χ3v) is 5.81. The number of hydrogen-bond acceptors (Lipinski definition) is 5. The second kappa shape index (κ2) is 4.78. The van der Waals surface area contributed by atoms with Crippen molar-refractivity contribution in [2.75, 3.05) is 18.1 Å². The number of ether oxygens (including phenoxy) is 1. The Morgan fingerprint density at radius 3 is 3.00 bits per heavy atom. The first-order chi connectivity index (χ1) is 8.55. The largest absolute Gasteiger partial charge is 0.387 e. The lowest BCUT2D eigenvalue weighted by Crippen LogP contribution is -2.24. The predicted octanol–water partition coefficient (Wildman–Crippen LogP) is 2.95. The highest BCUT2D eigenvalue weighted by Gasteiger charge is 2.35. The van der Waals surface area contributed by atoms with Gasteiger partial charge in [0, 0.05) is 11.5 Å². The van der Waals surface area contributed by atoms with Gasteiger partial charge in [-0.25, -0.2) is 4.98 Å². The zero-order valence-electron chi connectivity index (χ0n) is 10.8. The van der Waals surface area contributed by atoms with E-state index in [0.717, 1.165) is 46.5 Å². The molecule has 2 heterocycles. The van der Waals surface area contributed by atoms with Gasteiger partial charge in [-0.1, -0.05) is 13.8 Å². The highest BCUT2D eigenvalue weighted by atomic mass is 32.2. The lowest BCUT2D eigenvalue weighted by atomic mass is 9.77. The molecular formula is C13H19NO2S2. The second-order valence-electron chi connectivity index (χ2n) is 5.86. The number of hydrogen-bond donors (Lipinski definition) is 1. The number of aliphatic hydroxyl groups is 1. The number of nitrogens with zero attached hydrogens (tertiary/aromatic N) is 1. The molecule has 0 amide bonds. The molecule has 2 atom stereocenters. The quantitative estimate of drug-likeness (QED) is 0.861. The van der Waals surface area contributed by atoms with Gasteiger partial charge < -0.3 is 9.84 Å². The normalized spacial score (nSPS) is 31.1. The molecule has 1 aromatic heterocycles. The maximum Gasteiger partial charge on any atom is 0.123 e. The minimum absolute atomic E-state index is 0.134. The summed E-state index contributed by atoms with van der Waals surface area (Å²) in [5, 5.41) is 11.3. The summed E-state index contributed by atoms with van der Waals surface area (Å²) in [5.74, 6) is 2.07. The Balaban J connectivity index is 1.87. The summed E-state index contributed by atoms with van der Waals surface area (Å²) in [5.41, 5.74) is 1.25. The first kappa shape index (κ1) is 12.9. The van der Waals surface area contributed by atoms with Gasteiger partial charge in [0.2, 0.25) is 0 Å². The predicted molar refractivity (Wildman–Crippen MR) is 75.2 cm³/mol. The van der Waals surface area contributed by atoms with Crippen molar-refractivity contribution in [1.82, 2.24) is 4.98 Å². The van der Waals surface area contributed by atoms with Crippen molar-refractivity contribution in [3.63, 3.8) is 0 Å². The molecule has 0 spiro atoms. The van der Waals surface area contributed by atoms with Crippen LogP contribution in [0.15, 0.2) is 0 Å². The summed E-state index contributed by atoms with van der Waals surface area (Å²) < 4.78 is 5.77. The van der Waals surface area contributed by atoms with Gasteiger partial charge in [-0.3, -0.25) is 0 Å². The van der Waals surface area contributed by atoms with Crippen LogP contribution >= 0.6 is 23.1 Å². The standard InChI is InChI=1S/C13H19NO2S2/c1-13(2)5-8-11(9(15)6-13)18-12(14-8)10-7-17-4-3-16-10/h9-10,15H,3-7H2,1-2H3. The van der Waals surface area contributed by atoms with Gasteiger partial charge >= 0.3 is 0 Å². The lowest BCUT2D eigenvalue weighted by molar-refractivity contribution is 0.0751. The summed E-state index contributed by atoms with van der Waals surface area (Å²) >= 11 is 3.57. The van der Waals surface area contributed by atoms with Crippen molar-refractivity contribution < 1.29 is 9.84 Å². The number of aliphatic hydroxyl groups excluding tert-OH is 1. The van der Waals surface area contributed by atoms with Gasteiger partial charge in [0.25, 0.3) is 0 Å². The highest BCUT2D eigenvalue weighted by Crippen LogP contribution is 2.44. The molecule has 2 unspecified atom stereocenters. The fourth-order valence-corrected chi connectivity index (χ4v) is 4.75. The van der Waals surface area contributed by atoms with Gasteiger partial charge in [-0.15, -0.1) is 11.3 Å². The van der Waals surface area contributed by atoms with Crippen LogP contribution in [0.3, 0.4) is 0 Å². The van der Waals surface area contributed by atoms with Gasteiger partial charge in [0.15, 0.2) is 0 Å². The summed E-state index contributed by atoms with van der Waals surface area (Å²) in [6.07, 6.45) is 1.60. The molecule has 100 valence electrons. The Morgan fingerprint density at radius 2 is 2.28 bits per heavy atom. The molecule has 1 aromatic rings. The van der Waals surface area contributed by atoms with Crippen LogP contribution in [-0.4, -0.2) is 28.2 Å². The minimum atomic E-state index is -0.341. The zero-order chi connectivity index (χ0) is 12.8. The lowest BCUT2D eigenvalue weighted by Gasteiger charge is -2.31. The SMILES string of the molecule is CC1(C)Cc2nc(C3CSCCO3)sc2C(O)C1. The molecule has 3 rings (SSSR count). The van der Waals surface area contributed by atoms with E-state index in [0.29, 0.717) is 0 Å². The zero-order valence-corrected chi connectivity index (χ0v) is 12.4. The van der Waals surface area contributed by atoms with Crippen molar-refractivity contribution in [2.24, 2.45) is 5.41 Å². The van der Waals surface area contributed by atoms with Crippen LogP contribution in [0, 0.1) is 5.41 Å². The van der Waals surface area contributed by atoms with Gasteiger partial charge in [-0.2, -0.15) is 11.8 Å². The molecule has 0 saturated carbocycles. The molecule has 0 bridgehead atoms. The van der Waals surface area contributed by atoms with Crippen molar-refractivity contribution in [2.45, 2.75) is 38.9 Å². The first-order valence-corrected chi connectivity index (χ1v) is 8.39. The molecule has 0 aromatic carbocycles. The molecule has 1 aliphatic carbocycles. The molecule has 5 heteroatoms. The average Bonchev–Trinajstić information content (AvgIpc) is 2.72. The third-order valence-electron chi connectivity index (χ3n) is 3.53. The molecule has 1 fully saturated rings. The first-order valence-electron chi connectivity index (χ1n) is 6.42. The van der Waals surface area contributed by atoms with Gasteiger partial charge in [0.1, 0.15) is 11.1 Å². The smallest absolute Gasteiger partial charge is 0.123 e. The summed E-state index contributed by atoms with van der Waals surface area (Å²) in [7, 11) is 0. The maximum atomic E-state index is 10.2.